The number of carbonyl (C=O) groups is 1. The van der Waals surface area contributed by atoms with Crippen molar-refractivity contribution in [2.24, 2.45) is 5.41 Å². The number of methoxy groups -OCH3 is 1. The zero-order chi connectivity index (χ0) is 16.4. The Labute approximate surface area is 135 Å². The molecule has 6 heteroatoms. The summed E-state index contributed by atoms with van der Waals surface area (Å²) in [5.74, 6) is 0.132. The van der Waals surface area contributed by atoms with Crippen LogP contribution in [0, 0.1) is 11.2 Å². The average Bonchev–Trinajstić information content (AvgIpc) is 2.55. The minimum absolute atomic E-state index is 0.0491. The molecule has 1 amide bonds. The molecule has 2 fully saturated rings. The highest BCUT2D eigenvalue weighted by molar-refractivity contribution is 5.84. The molecule has 0 saturated carbocycles. The van der Waals surface area contributed by atoms with Gasteiger partial charge in [0, 0.05) is 37.8 Å². The summed E-state index contributed by atoms with van der Waals surface area (Å²) in [7, 11) is 1.52. The van der Waals surface area contributed by atoms with Gasteiger partial charge >= 0.3 is 0 Å². The minimum Gasteiger partial charge on any atom is -0.496 e. The second kappa shape index (κ2) is 6.45. The van der Waals surface area contributed by atoms with Gasteiger partial charge in [0.15, 0.2) is 0 Å². The molecule has 0 aliphatic carbocycles. The lowest BCUT2D eigenvalue weighted by Crippen LogP contribution is -2.61. The number of hydrogen-bond donors (Lipinski definition) is 2. The van der Waals surface area contributed by atoms with Crippen LogP contribution in [-0.2, 0) is 11.3 Å². The van der Waals surface area contributed by atoms with Gasteiger partial charge in [-0.25, -0.2) is 4.39 Å². The van der Waals surface area contributed by atoms with Gasteiger partial charge in [0.1, 0.15) is 11.6 Å². The van der Waals surface area contributed by atoms with Gasteiger partial charge in [0.2, 0.25) is 5.91 Å². The fourth-order valence-electron chi connectivity index (χ4n) is 3.75. The lowest BCUT2D eigenvalue weighted by atomic mass is 9.71. The van der Waals surface area contributed by atoms with Gasteiger partial charge in [0.05, 0.1) is 18.6 Å². The molecule has 3 rings (SSSR count). The Balaban J connectivity index is 1.78. The quantitative estimate of drug-likeness (QED) is 0.880. The summed E-state index contributed by atoms with van der Waals surface area (Å²) in [5, 5.41) is 13.3. The number of rotatable bonds is 3. The molecular formula is C17H23FN2O3. The number of ether oxygens (including phenoxy) is 1. The Morgan fingerprint density at radius 3 is 3.09 bits per heavy atom. The highest BCUT2D eigenvalue weighted by Gasteiger charge is 2.49. The number of amides is 1. The summed E-state index contributed by atoms with van der Waals surface area (Å²) in [6.07, 6.45) is 1.55. The summed E-state index contributed by atoms with van der Waals surface area (Å²) < 4.78 is 18.6. The third-order valence-electron chi connectivity index (χ3n) is 5.04. The Bertz CT molecular complexity index is 595. The van der Waals surface area contributed by atoms with Crippen molar-refractivity contribution in [3.8, 4) is 5.75 Å². The van der Waals surface area contributed by atoms with E-state index in [0.717, 1.165) is 12.0 Å². The predicted octanol–water partition coefficient (Wildman–Crippen LogP) is 1.30. The zero-order valence-electron chi connectivity index (χ0n) is 13.3. The second-order valence-corrected chi connectivity index (χ2v) is 6.49. The van der Waals surface area contributed by atoms with Gasteiger partial charge in [-0.15, -0.1) is 0 Å². The van der Waals surface area contributed by atoms with Crippen LogP contribution in [0.1, 0.15) is 24.8 Å². The Hall–Kier alpha value is -1.66. The maximum Gasteiger partial charge on any atom is 0.230 e. The maximum absolute atomic E-state index is 13.3. The number of halogens is 1. The average molecular weight is 322 g/mol. The molecule has 0 unspecified atom stereocenters. The monoisotopic (exact) mass is 322 g/mol. The van der Waals surface area contributed by atoms with E-state index < -0.39 is 11.5 Å². The summed E-state index contributed by atoms with van der Waals surface area (Å²) in [6, 6.07) is 4.50. The van der Waals surface area contributed by atoms with Crippen LogP contribution >= 0.6 is 0 Å². The number of aliphatic hydroxyl groups is 1. The second-order valence-electron chi connectivity index (χ2n) is 6.49. The molecule has 1 aromatic carbocycles. The standard InChI is InChI=1S/C17H23FN2O3/c1-23-14-9-13(18)4-3-12(14)10-20-8-5-15(21)17(11-20)6-2-7-19-16(17)22/h3-4,9,15,21H,2,5-8,10-11H2,1H3,(H,19,22)/t15-,17-/m1/s1. The molecule has 2 N–H and O–H groups in total. The maximum atomic E-state index is 13.3. The summed E-state index contributed by atoms with van der Waals surface area (Å²) in [4.78, 5) is 14.5. The van der Waals surface area contributed by atoms with Gasteiger partial charge in [-0.05, 0) is 25.3 Å². The first-order chi connectivity index (χ1) is 11.0. The SMILES string of the molecule is COc1cc(F)ccc1CN1CC[C@@H](O)[C@@]2(CCCNC2=O)C1. The molecule has 1 spiro atoms. The van der Waals surface area contributed by atoms with Crippen LogP contribution in [0.4, 0.5) is 4.39 Å². The molecule has 2 atom stereocenters. The normalized spacial score (nSPS) is 28.7. The first-order valence-corrected chi connectivity index (χ1v) is 8.06. The van der Waals surface area contributed by atoms with Crippen LogP contribution in [0.25, 0.3) is 0 Å². The van der Waals surface area contributed by atoms with Crippen molar-refractivity contribution in [1.29, 1.82) is 0 Å². The Morgan fingerprint density at radius 2 is 2.35 bits per heavy atom. The van der Waals surface area contributed by atoms with Crippen molar-refractivity contribution in [3.63, 3.8) is 0 Å². The number of likely N-dealkylation sites (tertiary alicyclic amines) is 1. The molecule has 0 aromatic heterocycles. The van der Waals surface area contributed by atoms with Crippen molar-refractivity contribution >= 4 is 5.91 Å². The van der Waals surface area contributed by atoms with E-state index in [1.54, 1.807) is 6.07 Å². The van der Waals surface area contributed by atoms with Gasteiger partial charge < -0.3 is 15.2 Å². The van der Waals surface area contributed by atoms with Crippen LogP contribution < -0.4 is 10.1 Å². The van der Waals surface area contributed by atoms with Crippen LogP contribution in [0.15, 0.2) is 18.2 Å². The largest absolute Gasteiger partial charge is 0.496 e. The van der Waals surface area contributed by atoms with Crippen molar-refractivity contribution in [2.45, 2.75) is 31.9 Å². The number of nitrogens with zero attached hydrogens (tertiary/aromatic N) is 1. The van der Waals surface area contributed by atoms with E-state index in [1.165, 1.54) is 19.2 Å². The number of carbonyl (C=O) groups excluding carboxylic acids is 1. The lowest BCUT2D eigenvalue weighted by molar-refractivity contribution is -0.149. The molecular weight excluding hydrogens is 299 g/mol. The molecule has 126 valence electrons. The molecule has 2 heterocycles. The van der Waals surface area contributed by atoms with Gasteiger partial charge in [0.25, 0.3) is 0 Å². The third kappa shape index (κ3) is 3.05. The van der Waals surface area contributed by atoms with Gasteiger partial charge in [-0.1, -0.05) is 6.07 Å². The molecule has 2 aliphatic heterocycles. The summed E-state index contributed by atoms with van der Waals surface area (Å²) in [5.41, 5.74) is 0.167. The summed E-state index contributed by atoms with van der Waals surface area (Å²) in [6.45, 7) is 2.47. The Kier molecular flexibility index (Phi) is 4.55. The van der Waals surface area contributed by atoms with Gasteiger partial charge in [-0.2, -0.15) is 0 Å². The number of benzene rings is 1. The van der Waals surface area contributed by atoms with Crippen molar-refractivity contribution < 1.29 is 19.0 Å². The summed E-state index contributed by atoms with van der Waals surface area (Å²) >= 11 is 0. The minimum atomic E-state index is -0.718. The van der Waals surface area contributed by atoms with Crippen LogP contribution in [0.5, 0.6) is 5.75 Å². The number of aliphatic hydroxyl groups excluding tert-OH is 1. The lowest BCUT2D eigenvalue weighted by Gasteiger charge is -2.47. The number of hydrogen-bond acceptors (Lipinski definition) is 4. The molecule has 1 aromatic rings. The fourth-order valence-corrected chi connectivity index (χ4v) is 3.75. The van der Waals surface area contributed by atoms with Crippen LogP contribution in [-0.4, -0.2) is 48.8 Å². The topological polar surface area (TPSA) is 61.8 Å². The fraction of sp³-hybridized carbons (Fsp3) is 0.588. The molecule has 2 aliphatic rings. The van der Waals surface area contributed by atoms with E-state index >= 15 is 0 Å². The van der Waals surface area contributed by atoms with Gasteiger partial charge in [-0.3, -0.25) is 9.69 Å². The number of piperidine rings is 2. The van der Waals surface area contributed by atoms with Crippen LogP contribution in [0.2, 0.25) is 0 Å². The molecule has 0 radical (unpaired) electrons. The zero-order valence-corrected chi connectivity index (χ0v) is 13.3. The molecule has 2 saturated heterocycles. The Morgan fingerprint density at radius 1 is 1.52 bits per heavy atom. The van der Waals surface area contributed by atoms with Crippen molar-refractivity contribution in [2.75, 3.05) is 26.7 Å². The van der Waals surface area contributed by atoms with E-state index in [2.05, 4.69) is 10.2 Å². The van der Waals surface area contributed by atoms with E-state index in [9.17, 15) is 14.3 Å². The van der Waals surface area contributed by atoms with E-state index in [4.69, 9.17) is 4.74 Å². The molecule has 23 heavy (non-hydrogen) atoms. The number of nitrogens with one attached hydrogen (secondary N) is 1. The van der Waals surface area contributed by atoms with Crippen LogP contribution in [0.3, 0.4) is 0 Å². The van der Waals surface area contributed by atoms with Crippen molar-refractivity contribution in [1.82, 2.24) is 10.2 Å². The van der Waals surface area contributed by atoms with E-state index in [1.807, 2.05) is 0 Å². The third-order valence-corrected chi connectivity index (χ3v) is 5.04. The van der Waals surface area contributed by atoms with E-state index in [0.29, 0.717) is 44.8 Å². The highest BCUT2D eigenvalue weighted by Crippen LogP contribution is 2.38. The predicted molar refractivity (Wildman–Crippen MR) is 83.5 cm³/mol. The smallest absolute Gasteiger partial charge is 0.230 e. The first kappa shape index (κ1) is 16.2. The first-order valence-electron chi connectivity index (χ1n) is 8.06. The highest BCUT2D eigenvalue weighted by atomic mass is 19.1. The van der Waals surface area contributed by atoms with Crippen molar-refractivity contribution in [3.05, 3.63) is 29.6 Å². The molecule has 5 nitrogen and oxygen atoms in total. The van der Waals surface area contributed by atoms with E-state index in [-0.39, 0.29) is 11.7 Å². The molecule has 0 bridgehead atoms.